The summed E-state index contributed by atoms with van der Waals surface area (Å²) in [4.78, 5) is 40.4. The summed E-state index contributed by atoms with van der Waals surface area (Å²) in [6.07, 6.45) is 1.29. The molecule has 1 N–H and O–H groups in total. The van der Waals surface area contributed by atoms with Gasteiger partial charge in [-0.15, -0.1) is 0 Å². The van der Waals surface area contributed by atoms with E-state index in [-0.39, 0.29) is 22.0 Å². The van der Waals surface area contributed by atoms with Crippen molar-refractivity contribution in [1.29, 1.82) is 0 Å². The molecule has 2 aromatic rings. The molecule has 0 aliphatic carbocycles. The van der Waals surface area contributed by atoms with Crippen LogP contribution >= 0.6 is 39.1 Å². The van der Waals surface area contributed by atoms with Gasteiger partial charge in [0.2, 0.25) is 5.88 Å². The van der Waals surface area contributed by atoms with E-state index < -0.39 is 17.8 Å². The van der Waals surface area contributed by atoms with Crippen molar-refractivity contribution in [2.24, 2.45) is 0 Å². The molecule has 8 nitrogen and oxygen atoms in total. The van der Waals surface area contributed by atoms with Gasteiger partial charge >= 0.3 is 6.03 Å². The summed E-state index contributed by atoms with van der Waals surface area (Å²) in [7, 11) is 0. The number of anilines is 2. The Labute approximate surface area is 189 Å². The average Bonchev–Trinajstić information content (AvgIpc) is 3.07. The Morgan fingerprint density at radius 3 is 2.53 bits per heavy atom. The van der Waals surface area contributed by atoms with E-state index in [9.17, 15) is 14.4 Å². The maximum Gasteiger partial charge on any atom is 0.335 e. The van der Waals surface area contributed by atoms with E-state index in [0.717, 1.165) is 4.90 Å². The third-order valence-corrected chi connectivity index (χ3v) is 5.63. The van der Waals surface area contributed by atoms with Gasteiger partial charge in [-0.25, -0.2) is 9.69 Å². The van der Waals surface area contributed by atoms with Crippen molar-refractivity contribution >= 4 is 74.6 Å². The molecular formula is C19H14BrCl2N3O5. The lowest BCUT2D eigenvalue weighted by Gasteiger charge is -2.27. The Balaban J connectivity index is 1.68. The van der Waals surface area contributed by atoms with Crippen LogP contribution in [0.5, 0.6) is 0 Å². The van der Waals surface area contributed by atoms with Crippen LogP contribution in [0.25, 0.3) is 6.08 Å². The first-order chi connectivity index (χ1) is 14.3. The standard InChI is InChI=1S/C19H14BrCl2N3O5/c20-13-9-11(30-18(13)24-3-5-29-6-4-24)8-12-16(26)23-19(28)25(17(12)27)15-2-1-10(21)7-14(15)22/h1-2,7-9H,3-6H2,(H,23,26,28)/b12-8+. The molecule has 2 saturated heterocycles. The first kappa shape index (κ1) is 20.9. The summed E-state index contributed by atoms with van der Waals surface area (Å²) >= 11 is 15.5. The van der Waals surface area contributed by atoms with Crippen molar-refractivity contribution in [3.05, 3.63) is 50.1 Å². The molecule has 1 aromatic carbocycles. The number of hydrogen-bond acceptors (Lipinski definition) is 6. The molecule has 156 valence electrons. The number of imide groups is 2. The van der Waals surface area contributed by atoms with Gasteiger partial charge in [0.15, 0.2) is 0 Å². The maximum atomic E-state index is 13.0. The minimum atomic E-state index is -0.902. The molecule has 0 unspecified atom stereocenters. The second-order valence-corrected chi connectivity index (χ2v) is 8.15. The second-order valence-electron chi connectivity index (χ2n) is 6.45. The number of urea groups is 1. The van der Waals surface area contributed by atoms with Crippen molar-refractivity contribution in [2.75, 3.05) is 36.1 Å². The van der Waals surface area contributed by atoms with Crippen LogP contribution in [0.2, 0.25) is 10.0 Å². The number of benzene rings is 1. The normalized spacial score (nSPS) is 18.9. The van der Waals surface area contributed by atoms with Gasteiger partial charge in [0.1, 0.15) is 11.3 Å². The summed E-state index contributed by atoms with van der Waals surface area (Å²) in [6, 6.07) is 5.06. The number of nitrogens with one attached hydrogen (secondary N) is 1. The van der Waals surface area contributed by atoms with Crippen LogP contribution in [0.15, 0.2) is 38.7 Å². The number of rotatable bonds is 3. The zero-order chi connectivity index (χ0) is 21.4. The van der Waals surface area contributed by atoms with Crippen LogP contribution < -0.4 is 15.1 Å². The number of morpholine rings is 1. The first-order valence-electron chi connectivity index (χ1n) is 8.83. The van der Waals surface area contributed by atoms with Crippen LogP contribution in [-0.4, -0.2) is 44.1 Å². The van der Waals surface area contributed by atoms with E-state index in [0.29, 0.717) is 41.7 Å². The highest BCUT2D eigenvalue weighted by molar-refractivity contribution is 9.10. The topological polar surface area (TPSA) is 92.1 Å². The molecule has 0 spiro atoms. The number of furan rings is 1. The fraction of sp³-hybridized carbons (Fsp3) is 0.211. The van der Waals surface area contributed by atoms with Crippen LogP contribution in [0.3, 0.4) is 0 Å². The molecular weight excluding hydrogens is 501 g/mol. The molecule has 3 heterocycles. The molecule has 0 bridgehead atoms. The van der Waals surface area contributed by atoms with E-state index >= 15 is 0 Å². The summed E-state index contributed by atoms with van der Waals surface area (Å²) in [6.45, 7) is 2.45. The van der Waals surface area contributed by atoms with Gasteiger partial charge in [-0.05, 0) is 40.2 Å². The summed E-state index contributed by atoms with van der Waals surface area (Å²) in [5, 5.41) is 2.58. The smallest absolute Gasteiger partial charge is 0.335 e. The van der Waals surface area contributed by atoms with Crippen molar-refractivity contribution in [1.82, 2.24) is 5.32 Å². The number of barbiturate groups is 1. The van der Waals surface area contributed by atoms with Gasteiger partial charge in [0.25, 0.3) is 11.8 Å². The van der Waals surface area contributed by atoms with Crippen LogP contribution in [0.4, 0.5) is 16.4 Å². The zero-order valence-electron chi connectivity index (χ0n) is 15.3. The molecule has 30 heavy (non-hydrogen) atoms. The highest BCUT2D eigenvalue weighted by Crippen LogP contribution is 2.34. The Bertz CT molecular complexity index is 1080. The van der Waals surface area contributed by atoms with Gasteiger partial charge in [-0.2, -0.15) is 0 Å². The predicted octanol–water partition coefficient (Wildman–Crippen LogP) is 3.85. The molecule has 0 atom stereocenters. The molecule has 0 radical (unpaired) electrons. The molecule has 2 aliphatic heterocycles. The SMILES string of the molecule is O=C1NC(=O)N(c2ccc(Cl)cc2Cl)C(=O)/C1=C/c1cc(Br)c(N2CCOCC2)o1. The van der Waals surface area contributed by atoms with Crippen LogP contribution in [0.1, 0.15) is 5.76 Å². The Morgan fingerprint density at radius 1 is 1.10 bits per heavy atom. The molecule has 0 saturated carbocycles. The summed E-state index contributed by atoms with van der Waals surface area (Å²) in [5.74, 6) is -0.805. The van der Waals surface area contributed by atoms with E-state index in [1.54, 1.807) is 6.07 Å². The molecule has 2 aliphatic rings. The number of carbonyl (C=O) groups excluding carboxylic acids is 3. The molecule has 11 heteroatoms. The van der Waals surface area contributed by atoms with E-state index in [1.807, 2.05) is 4.90 Å². The third-order valence-electron chi connectivity index (χ3n) is 4.53. The average molecular weight is 515 g/mol. The molecule has 1 aromatic heterocycles. The van der Waals surface area contributed by atoms with Crippen LogP contribution in [0, 0.1) is 0 Å². The lowest BCUT2D eigenvalue weighted by molar-refractivity contribution is -0.122. The number of amides is 4. The van der Waals surface area contributed by atoms with Gasteiger partial charge < -0.3 is 14.1 Å². The largest absolute Gasteiger partial charge is 0.440 e. The van der Waals surface area contributed by atoms with E-state index in [1.165, 1.54) is 24.3 Å². The van der Waals surface area contributed by atoms with Gasteiger partial charge in [-0.3, -0.25) is 14.9 Å². The number of ether oxygens (including phenoxy) is 1. The minimum absolute atomic E-state index is 0.0926. The molecule has 4 amide bonds. The van der Waals surface area contributed by atoms with Crippen molar-refractivity contribution in [3.8, 4) is 0 Å². The lowest BCUT2D eigenvalue weighted by atomic mass is 10.1. The van der Waals surface area contributed by atoms with Crippen molar-refractivity contribution < 1.29 is 23.5 Å². The Hall–Kier alpha value is -2.33. The molecule has 2 fully saturated rings. The van der Waals surface area contributed by atoms with Crippen molar-refractivity contribution in [3.63, 3.8) is 0 Å². The van der Waals surface area contributed by atoms with Gasteiger partial charge in [0, 0.05) is 24.2 Å². The number of carbonyl (C=O) groups is 3. The Morgan fingerprint density at radius 2 is 1.83 bits per heavy atom. The van der Waals surface area contributed by atoms with Gasteiger partial charge in [0.05, 0.1) is 28.4 Å². The van der Waals surface area contributed by atoms with E-state index in [4.69, 9.17) is 32.4 Å². The number of halogens is 3. The monoisotopic (exact) mass is 513 g/mol. The minimum Gasteiger partial charge on any atom is -0.440 e. The first-order valence-corrected chi connectivity index (χ1v) is 10.4. The third kappa shape index (κ3) is 3.98. The Kier molecular flexibility index (Phi) is 5.88. The van der Waals surface area contributed by atoms with Crippen molar-refractivity contribution in [2.45, 2.75) is 0 Å². The highest BCUT2D eigenvalue weighted by Gasteiger charge is 2.38. The summed E-state index contributed by atoms with van der Waals surface area (Å²) < 4.78 is 11.8. The fourth-order valence-corrected chi connectivity index (χ4v) is 4.16. The highest BCUT2D eigenvalue weighted by atomic mass is 79.9. The quantitative estimate of drug-likeness (QED) is 0.494. The lowest BCUT2D eigenvalue weighted by Crippen LogP contribution is -2.54. The van der Waals surface area contributed by atoms with Gasteiger partial charge in [-0.1, -0.05) is 23.2 Å². The predicted molar refractivity (Wildman–Crippen MR) is 115 cm³/mol. The molecule has 4 rings (SSSR count). The van der Waals surface area contributed by atoms with E-state index in [2.05, 4.69) is 21.2 Å². The van der Waals surface area contributed by atoms with Crippen LogP contribution in [-0.2, 0) is 14.3 Å². The summed E-state index contributed by atoms with van der Waals surface area (Å²) in [5.41, 5.74) is -0.160. The zero-order valence-corrected chi connectivity index (χ0v) is 18.4. The fourth-order valence-electron chi connectivity index (χ4n) is 3.11. The number of hydrogen-bond donors (Lipinski definition) is 1. The maximum absolute atomic E-state index is 13.0. The second kappa shape index (κ2) is 8.43. The number of nitrogens with zero attached hydrogens (tertiary/aromatic N) is 2.